The maximum Gasteiger partial charge on any atom is 0.229 e. The highest BCUT2D eigenvalue weighted by Gasteiger charge is 2.55. The van der Waals surface area contributed by atoms with Crippen LogP contribution in [0.1, 0.15) is 81.4 Å². The number of amides is 2. The summed E-state index contributed by atoms with van der Waals surface area (Å²) in [7, 11) is 1.68. The minimum absolute atomic E-state index is 0. The Balaban J connectivity index is 0.00000329. The summed E-state index contributed by atoms with van der Waals surface area (Å²) in [5.74, 6) is 3.80. The molecule has 0 unspecified atom stereocenters. The van der Waals surface area contributed by atoms with Crippen molar-refractivity contribution < 1.29 is 14.3 Å². The van der Waals surface area contributed by atoms with Gasteiger partial charge in [-0.2, -0.15) is 0 Å². The average molecular weight is 606 g/mol. The molecule has 8 rings (SSSR count). The summed E-state index contributed by atoms with van der Waals surface area (Å²) < 4.78 is 5.28. The number of carbonyl (C=O) groups is 2. The van der Waals surface area contributed by atoms with Crippen LogP contribution in [-0.2, 0) is 16.1 Å². The lowest BCUT2D eigenvalue weighted by molar-refractivity contribution is -0.147. The van der Waals surface area contributed by atoms with Gasteiger partial charge in [0.05, 0.1) is 18.6 Å². The molecule has 4 aliphatic carbocycles. The van der Waals surface area contributed by atoms with Crippen molar-refractivity contribution in [3.63, 3.8) is 0 Å². The van der Waals surface area contributed by atoms with Gasteiger partial charge in [0, 0.05) is 25.0 Å². The predicted octanol–water partition coefficient (Wildman–Crippen LogP) is 6.40. The molecule has 4 bridgehead atoms. The molecule has 43 heavy (non-hydrogen) atoms. The van der Waals surface area contributed by atoms with E-state index in [4.69, 9.17) is 4.74 Å². The monoisotopic (exact) mass is 605 g/mol. The lowest BCUT2D eigenvalue weighted by Gasteiger charge is -2.55. The van der Waals surface area contributed by atoms with E-state index in [2.05, 4.69) is 57.6 Å². The second-order valence-corrected chi connectivity index (χ2v) is 14.4. The zero-order chi connectivity index (χ0) is 28.7. The number of rotatable bonds is 9. The van der Waals surface area contributed by atoms with Crippen molar-refractivity contribution in [1.29, 1.82) is 0 Å². The van der Waals surface area contributed by atoms with Crippen molar-refractivity contribution in [3.8, 4) is 5.75 Å². The van der Waals surface area contributed by atoms with Gasteiger partial charge in [-0.05, 0) is 118 Å². The quantitative estimate of drug-likeness (QED) is 0.360. The molecule has 0 aromatic heterocycles. The van der Waals surface area contributed by atoms with E-state index in [0.717, 1.165) is 100 Å². The third kappa shape index (κ3) is 6.07. The van der Waals surface area contributed by atoms with Gasteiger partial charge < -0.3 is 19.9 Å². The minimum atomic E-state index is -0.200. The molecule has 6 aliphatic rings. The lowest BCUT2D eigenvalue weighted by atomic mass is 9.49. The summed E-state index contributed by atoms with van der Waals surface area (Å²) in [5.41, 5.74) is 2.04. The van der Waals surface area contributed by atoms with E-state index >= 15 is 0 Å². The molecule has 2 aromatic rings. The van der Waals surface area contributed by atoms with E-state index in [1.54, 1.807) is 7.11 Å². The second-order valence-electron chi connectivity index (χ2n) is 14.4. The number of nitrogens with one attached hydrogen (secondary N) is 1. The van der Waals surface area contributed by atoms with E-state index in [0.29, 0.717) is 18.4 Å². The van der Waals surface area contributed by atoms with Gasteiger partial charge in [-0.25, -0.2) is 0 Å². The third-order valence-corrected chi connectivity index (χ3v) is 11.7. The first-order valence-corrected chi connectivity index (χ1v) is 16.4. The number of ether oxygens (including phenoxy) is 1. The molecule has 6 nitrogen and oxygen atoms in total. The molecule has 2 aliphatic heterocycles. The van der Waals surface area contributed by atoms with Gasteiger partial charge in [-0.1, -0.05) is 42.5 Å². The van der Waals surface area contributed by atoms with E-state index in [-0.39, 0.29) is 29.3 Å². The van der Waals surface area contributed by atoms with Gasteiger partial charge in [-0.15, -0.1) is 12.4 Å². The van der Waals surface area contributed by atoms with Gasteiger partial charge in [0.15, 0.2) is 0 Å². The smallest absolute Gasteiger partial charge is 0.229 e. The van der Waals surface area contributed by atoms with Crippen LogP contribution in [0.25, 0.3) is 0 Å². The van der Waals surface area contributed by atoms with Gasteiger partial charge in [0.25, 0.3) is 0 Å². The predicted molar refractivity (Wildman–Crippen MR) is 171 cm³/mol. The van der Waals surface area contributed by atoms with Crippen LogP contribution in [0.15, 0.2) is 54.6 Å². The fraction of sp³-hybridized carbons (Fsp3) is 0.611. The largest absolute Gasteiger partial charge is 0.497 e. The Bertz CT molecular complexity index is 1240. The number of carbonyl (C=O) groups excluding carboxylic acids is 2. The molecule has 2 amide bonds. The molecule has 2 heterocycles. The summed E-state index contributed by atoms with van der Waals surface area (Å²) >= 11 is 0. The van der Waals surface area contributed by atoms with Crippen molar-refractivity contribution in [3.05, 3.63) is 65.7 Å². The minimum Gasteiger partial charge on any atom is -0.497 e. The van der Waals surface area contributed by atoms with Crippen molar-refractivity contribution in [2.45, 2.75) is 76.8 Å². The first-order valence-electron chi connectivity index (χ1n) is 16.4. The Morgan fingerprint density at radius 3 is 2.12 bits per heavy atom. The molecule has 2 saturated heterocycles. The zero-order valence-electron chi connectivity index (χ0n) is 25.6. The SMILES string of the molecule is COc1ccc(CN2CCC3(CCN(CC[C@H](NC(=O)C45CC6CC(CC(C6)C4)C5)c4ccccc4)CC3)C2=O)cc1.Cl. The molecule has 1 spiro atoms. The first kappa shape index (κ1) is 30.5. The van der Waals surface area contributed by atoms with Crippen LogP contribution >= 0.6 is 12.4 Å². The number of likely N-dealkylation sites (tertiary alicyclic amines) is 2. The number of nitrogens with zero attached hydrogens (tertiary/aromatic N) is 2. The number of piperidine rings is 1. The Morgan fingerprint density at radius 2 is 1.51 bits per heavy atom. The molecular weight excluding hydrogens is 558 g/mol. The Morgan fingerprint density at radius 1 is 0.907 bits per heavy atom. The van der Waals surface area contributed by atoms with Crippen LogP contribution in [0.3, 0.4) is 0 Å². The van der Waals surface area contributed by atoms with Gasteiger partial charge in [0.2, 0.25) is 11.8 Å². The van der Waals surface area contributed by atoms with Crippen LogP contribution in [-0.4, -0.2) is 54.9 Å². The third-order valence-electron chi connectivity index (χ3n) is 11.7. The Hall–Kier alpha value is -2.57. The molecular formula is C36H48ClN3O3. The zero-order valence-corrected chi connectivity index (χ0v) is 26.5. The van der Waals surface area contributed by atoms with Crippen LogP contribution in [0.2, 0.25) is 0 Å². The van der Waals surface area contributed by atoms with Crippen molar-refractivity contribution in [2.75, 3.05) is 33.3 Å². The van der Waals surface area contributed by atoms with Crippen LogP contribution in [0.5, 0.6) is 5.75 Å². The maximum absolute atomic E-state index is 14.0. The number of halogens is 1. The number of methoxy groups -OCH3 is 1. The standard InChI is InChI=1S/C36H47N3O3.ClH/c1-42-31-9-7-26(8-10-31)25-39-18-14-35(34(39)41)12-16-38(17-13-35)15-11-32(30-5-3-2-4-6-30)37-33(40)36-22-27-19-28(23-36)21-29(20-27)24-36;/h2-10,27-29,32H,11-25H2,1H3,(H,37,40);1H/t27?,28?,29?,32-,36?;/m0./s1. The Kier molecular flexibility index (Phi) is 8.81. The van der Waals surface area contributed by atoms with E-state index in [1.807, 2.05) is 12.1 Å². The molecule has 1 N–H and O–H groups in total. The summed E-state index contributed by atoms with van der Waals surface area (Å²) in [6, 6.07) is 18.7. The molecule has 1 atom stereocenters. The highest BCUT2D eigenvalue weighted by atomic mass is 35.5. The van der Waals surface area contributed by atoms with Crippen molar-refractivity contribution >= 4 is 24.2 Å². The van der Waals surface area contributed by atoms with Crippen LogP contribution in [0.4, 0.5) is 0 Å². The van der Waals surface area contributed by atoms with Crippen molar-refractivity contribution in [2.24, 2.45) is 28.6 Å². The maximum atomic E-state index is 14.0. The highest BCUT2D eigenvalue weighted by Crippen LogP contribution is 2.60. The normalized spacial score (nSPS) is 29.8. The van der Waals surface area contributed by atoms with E-state index in [1.165, 1.54) is 24.8 Å². The van der Waals surface area contributed by atoms with E-state index in [9.17, 15) is 9.59 Å². The molecule has 4 saturated carbocycles. The fourth-order valence-corrected chi connectivity index (χ4v) is 9.68. The van der Waals surface area contributed by atoms with Crippen LogP contribution < -0.4 is 10.1 Å². The van der Waals surface area contributed by atoms with Gasteiger partial charge in [-0.3, -0.25) is 9.59 Å². The molecule has 232 valence electrons. The fourth-order valence-electron chi connectivity index (χ4n) is 9.68. The number of hydrogen-bond acceptors (Lipinski definition) is 4. The molecule has 7 heteroatoms. The molecule has 2 aromatic carbocycles. The average Bonchev–Trinajstić information content (AvgIpc) is 3.30. The summed E-state index contributed by atoms with van der Waals surface area (Å²) in [6.45, 7) is 4.37. The summed E-state index contributed by atoms with van der Waals surface area (Å²) in [6.07, 6.45) is 11.1. The Labute approximate surface area is 263 Å². The van der Waals surface area contributed by atoms with Gasteiger partial charge >= 0.3 is 0 Å². The second kappa shape index (κ2) is 12.4. The summed E-state index contributed by atoms with van der Waals surface area (Å²) in [4.78, 5) is 32.1. The first-order chi connectivity index (χ1) is 20.4. The molecule has 6 fully saturated rings. The van der Waals surface area contributed by atoms with Crippen LogP contribution in [0, 0.1) is 28.6 Å². The number of hydrogen-bond donors (Lipinski definition) is 1. The van der Waals surface area contributed by atoms with E-state index < -0.39 is 0 Å². The van der Waals surface area contributed by atoms with Gasteiger partial charge in [0.1, 0.15) is 5.75 Å². The summed E-state index contributed by atoms with van der Waals surface area (Å²) in [5, 5.41) is 3.59. The topological polar surface area (TPSA) is 61.9 Å². The highest BCUT2D eigenvalue weighted by molar-refractivity contribution is 5.85. The lowest BCUT2D eigenvalue weighted by Crippen LogP contribution is -2.54. The number of benzene rings is 2. The molecule has 0 radical (unpaired) electrons. The van der Waals surface area contributed by atoms with Crippen molar-refractivity contribution in [1.82, 2.24) is 15.1 Å².